The summed E-state index contributed by atoms with van der Waals surface area (Å²) in [6.45, 7) is 36.1. The molecule has 0 aliphatic heterocycles. The van der Waals surface area contributed by atoms with Gasteiger partial charge in [0.1, 0.15) is 0 Å². The van der Waals surface area contributed by atoms with E-state index in [1.807, 2.05) is 49.4 Å². The lowest BCUT2D eigenvalue weighted by Gasteiger charge is -2.32. The van der Waals surface area contributed by atoms with Crippen LogP contribution < -0.4 is 0 Å². The predicted molar refractivity (Wildman–Crippen MR) is 221 cm³/mol. The zero-order valence-electron chi connectivity index (χ0n) is 33.8. The predicted octanol–water partition coefficient (Wildman–Crippen LogP) is 13.4. The number of ketones is 2. The summed E-state index contributed by atoms with van der Waals surface area (Å²) >= 11 is 0. The van der Waals surface area contributed by atoms with Crippen LogP contribution in [0.3, 0.4) is 0 Å². The van der Waals surface area contributed by atoms with Gasteiger partial charge in [-0.3, -0.25) is 9.59 Å². The molecule has 0 fully saturated rings. The Bertz CT molecular complexity index is 1800. The summed E-state index contributed by atoms with van der Waals surface area (Å²) in [4.78, 5) is 27.7. The lowest BCUT2D eigenvalue weighted by Crippen LogP contribution is -2.28. The molecule has 0 bridgehead atoms. The van der Waals surface area contributed by atoms with E-state index in [9.17, 15) is 9.59 Å². The van der Waals surface area contributed by atoms with Gasteiger partial charge in [-0.15, -0.1) is 0 Å². The average molecular weight is 683 g/mol. The summed E-state index contributed by atoms with van der Waals surface area (Å²) < 4.78 is 0. The Kier molecular flexibility index (Phi) is 12.8. The third-order valence-corrected chi connectivity index (χ3v) is 9.09. The highest BCUT2D eigenvalue weighted by Gasteiger charge is 2.35. The van der Waals surface area contributed by atoms with Crippen LogP contribution in [-0.2, 0) is 9.59 Å². The van der Waals surface area contributed by atoms with E-state index in [-0.39, 0.29) is 33.2 Å². The molecule has 0 radical (unpaired) electrons. The summed E-state index contributed by atoms with van der Waals surface area (Å²) in [7, 11) is 0. The Morgan fingerprint density at radius 2 is 1.35 bits per heavy atom. The van der Waals surface area contributed by atoms with E-state index < -0.39 is 0 Å². The number of hydrogen-bond donors (Lipinski definition) is 0. The summed E-state index contributed by atoms with van der Waals surface area (Å²) in [5.74, 6) is 0.270. The van der Waals surface area contributed by atoms with Crippen LogP contribution >= 0.6 is 0 Å². The first-order valence-electron chi connectivity index (χ1n) is 18.3. The Morgan fingerprint density at radius 1 is 0.804 bits per heavy atom. The minimum atomic E-state index is -0.366. The molecule has 0 aromatic heterocycles. The molecule has 0 heterocycles. The van der Waals surface area contributed by atoms with Crippen LogP contribution in [0.15, 0.2) is 154 Å². The molecule has 0 spiro atoms. The molecule has 2 heteroatoms. The van der Waals surface area contributed by atoms with Crippen LogP contribution in [0, 0.1) is 21.7 Å². The molecule has 0 amide bonds. The molecule has 51 heavy (non-hydrogen) atoms. The maximum Gasteiger partial charge on any atom is 0.186 e. The van der Waals surface area contributed by atoms with E-state index in [2.05, 4.69) is 145 Å². The van der Waals surface area contributed by atoms with Crippen molar-refractivity contribution in [3.05, 3.63) is 160 Å². The molecule has 3 rings (SSSR count). The third-order valence-electron chi connectivity index (χ3n) is 9.09. The van der Waals surface area contributed by atoms with Crippen LogP contribution in [0.1, 0.15) is 108 Å². The summed E-state index contributed by atoms with van der Waals surface area (Å²) in [5, 5.41) is 0. The molecule has 2 nitrogen and oxygen atoms in total. The lowest BCUT2D eigenvalue weighted by molar-refractivity contribution is -0.118. The first-order valence-corrected chi connectivity index (χ1v) is 18.3. The highest BCUT2D eigenvalue weighted by molar-refractivity contribution is 6.12. The Morgan fingerprint density at radius 3 is 1.82 bits per heavy atom. The monoisotopic (exact) mass is 682 g/mol. The van der Waals surface area contributed by atoms with E-state index >= 15 is 0 Å². The number of hydrogen-bond acceptors (Lipinski definition) is 2. The molecule has 0 saturated carbocycles. The first kappa shape index (κ1) is 41.1. The highest BCUT2D eigenvalue weighted by atomic mass is 16.1. The Balaban J connectivity index is 2.34. The molecule has 1 aromatic carbocycles. The summed E-state index contributed by atoms with van der Waals surface area (Å²) in [6.07, 6.45) is 21.6. The quantitative estimate of drug-likeness (QED) is 0.182. The molecule has 0 N–H and O–H groups in total. The van der Waals surface area contributed by atoms with Gasteiger partial charge in [0.15, 0.2) is 11.6 Å². The fraction of sp³-hybridized carbons (Fsp3) is 0.388. The maximum atomic E-state index is 13.9. The second-order valence-electron chi connectivity index (χ2n) is 18.1. The molecule has 0 saturated heterocycles. The van der Waals surface area contributed by atoms with Crippen LogP contribution in [0.25, 0.3) is 5.57 Å². The molecule has 270 valence electrons. The van der Waals surface area contributed by atoms with Crippen molar-refractivity contribution in [2.24, 2.45) is 21.7 Å². The van der Waals surface area contributed by atoms with Crippen LogP contribution in [0.5, 0.6) is 0 Å². The van der Waals surface area contributed by atoms with Gasteiger partial charge in [0.2, 0.25) is 0 Å². The summed E-state index contributed by atoms with van der Waals surface area (Å²) in [5.41, 5.74) is 9.47. The van der Waals surface area contributed by atoms with Crippen LogP contribution in [0.4, 0.5) is 0 Å². The zero-order valence-corrected chi connectivity index (χ0v) is 33.8. The minimum Gasteiger partial charge on any atom is -0.295 e. The number of carbonyl (C=O) groups is 2. The van der Waals surface area contributed by atoms with Crippen LogP contribution in [-0.4, -0.2) is 11.6 Å². The second kappa shape index (κ2) is 15.9. The van der Waals surface area contributed by atoms with Crippen LogP contribution in [0.2, 0.25) is 0 Å². The standard InChI is InChI=1S/C49H62O2/c1-16-18-20-23-33(3)43(34(17-2)29-39(47(7,8)9)42(50)32-46(4,5)6)36-26-27-37(28-36)44(35-24-21-19-22-25-35)38-30-40(48(10,11)12)45(51)41(31-38)49(13,14)15/h16-27,29-31H,2-3,28,32H2,1,4-15H3/b18-16-,23-20-,39-29+,43-34-. The van der Waals surface area contributed by atoms with Gasteiger partial charge in [-0.05, 0) is 97.8 Å². The fourth-order valence-corrected chi connectivity index (χ4v) is 6.52. The SMILES string of the molecule is C=CC(/C=C(\C(=O)CC(C)(C)C)C(C)(C)C)=C(\C(=C)/C=C\C=C/C)C1=CC=C(C(=C2C=C(C(C)(C)C)C(=O)C(C(C)(C)C)=C2)c2ccccc2)C1. The fourth-order valence-electron chi connectivity index (χ4n) is 6.52. The first-order chi connectivity index (χ1) is 23.5. The van der Waals surface area contributed by atoms with E-state index in [1.54, 1.807) is 0 Å². The number of allylic oxidation sites excluding steroid dienone is 20. The topological polar surface area (TPSA) is 34.1 Å². The highest BCUT2D eigenvalue weighted by Crippen LogP contribution is 2.45. The number of carbonyl (C=O) groups excluding carboxylic acids is 2. The van der Waals surface area contributed by atoms with Crippen molar-refractivity contribution < 1.29 is 9.59 Å². The molecule has 0 unspecified atom stereocenters. The van der Waals surface area contributed by atoms with Gasteiger partial charge in [0, 0.05) is 23.1 Å². The van der Waals surface area contributed by atoms with Crippen molar-refractivity contribution in [2.45, 2.75) is 103 Å². The zero-order chi connectivity index (χ0) is 38.5. The van der Waals surface area contributed by atoms with Crippen molar-refractivity contribution in [3.63, 3.8) is 0 Å². The van der Waals surface area contributed by atoms with Crippen molar-refractivity contribution >= 4 is 17.1 Å². The second-order valence-corrected chi connectivity index (χ2v) is 18.1. The lowest BCUT2D eigenvalue weighted by atomic mass is 9.71. The van der Waals surface area contributed by atoms with Crippen molar-refractivity contribution in [3.8, 4) is 0 Å². The Hall–Kier alpha value is -4.30. The van der Waals surface area contributed by atoms with Crippen molar-refractivity contribution in [1.82, 2.24) is 0 Å². The van der Waals surface area contributed by atoms with Crippen molar-refractivity contribution in [1.29, 1.82) is 0 Å². The molecule has 0 atom stereocenters. The summed E-state index contributed by atoms with van der Waals surface area (Å²) in [6, 6.07) is 10.5. The minimum absolute atomic E-state index is 0.123. The molecular weight excluding hydrogens is 621 g/mol. The van der Waals surface area contributed by atoms with E-state index in [0.29, 0.717) is 12.8 Å². The number of Topliss-reactive ketones (excluding diaryl/α,β-unsaturated/α-hetero) is 2. The van der Waals surface area contributed by atoms with Gasteiger partial charge in [-0.1, -0.05) is 169 Å². The number of benzene rings is 1. The van der Waals surface area contributed by atoms with Gasteiger partial charge >= 0.3 is 0 Å². The van der Waals surface area contributed by atoms with Crippen molar-refractivity contribution in [2.75, 3.05) is 0 Å². The van der Waals surface area contributed by atoms with Gasteiger partial charge < -0.3 is 0 Å². The van der Waals surface area contributed by atoms with Gasteiger partial charge in [-0.2, -0.15) is 0 Å². The molecular formula is C49H62O2. The molecule has 1 aromatic rings. The largest absolute Gasteiger partial charge is 0.295 e. The molecule has 2 aliphatic rings. The normalized spacial score (nSPS) is 16.9. The van der Waals surface area contributed by atoms with Gasteiger partial charge in [0.05, 0.1) is 0 Å². The van der Waals surface area contributed by atoms with Gasteiger partial charge in [-0.25, -0.2) is 0 Å². The average Bonchev–Trinajstić information content (AvgIpc) is 3.46. The maximum absolute atomic E-state index is 13.9. The van der Waals surface area contributed by atoms with E-state index in [1.165, 1.54) is 0 Å². The third kappa shape index (κ3) is 10.6. The van der Waals surface area contributed by atoms with E-state index in [0.717, 1.165) is 61.3 Å². The van der Waals surface area contributed by atoms with E-state index in [4.69, 9.17) is 0 Å². The smallest absolute Gasteiger partial charge is 0.186 e. The number of rotatable bonds is 10. The Labute approximate surface area is 310 Å². The van der Waals surface area contributed by atoms with Gasteiger partial charge in [0.25, 0.3) is 0 Å². The molecule has 2 aliphatic carbocycles.